The molecule has 2 aliphatic carbocycles. The predicted octanol–water partition coefficient (Wildman–Crippen LogP) is 3.39. The van der Waals surface area contributed by atoms with E-state index in [2.05, 4.69) is 58.3 Å². The molecule has 1 saturated carbocycles. The van der Waals surface area contributed by atoms with Crippen LogP contribution in [0.1, 0.15) is 35.4 Å². The number of nitrogens with one attached hydrogen (secondary N) is 2. The summed E-state index contributed by atoms with van der Waals surface area (Å²) in [5.41, 5.74) is 6.20. The summed E-state index contributed by atoms with van der Waals surface area (Å²) < 4.78 is 5.50. The lowest BCUT2D eigenvalue weighted by molar-refractivity contribution is -0.145. The molecule has 7 heteroatoms. The van der Waals surface area contributed by atoms with E-state index in [9.17, 15) is 9.59 Å². The van der Waals surface area contributed by atoms with E-state index in [4.69, 9.17) is 9.94 Å². The number of aromatic nitrogens is 1. The Hall–Kier alpha value is -3.60. The number of benzene rings is 2. The van der Waals surface area contributed by atoms with Gasteiger partial charge in [-0.15, -0.1) is 0 Å². The number of rotatable bonds is 11. The molecule has 2 atom stereocenters. The van der Waals surface area contributed by atoms with E-state index in [0.717, 1.165) is 49.0 Å². The fraction of sp³-hybridized carbons (Fsp3) is 0.357. The van der Waals surface area contributed by atoms with Crippen molar-refractivity contribution in [1.82, 2.24) is 15.4 Å². The molecule has 3 N–H and O–H groups in total. The topological polar surface area (TPSA) is 94.7 Å². The number of esters is 1. The van der Waals surface area contributed by atoms with Crippen LogP contribution in [0.4, 0.5) is 0 Å². The molecular formula is C28H29N3O4. The third-order valence-corrected chi connectivity index (χ3v) is 6.80. The van der Waals surface area contributed by atoms with Crippen molar-refractivity contribution in [3.05, 3.63) is 71.4 Å². The van der Waals surface area contributed by atoms with Gasteiger partial charge in [0.2, 0.25) is 0 Å². The van der Waals surface area contributed by atoms with Gasteiger partial charge in [-0.25, -0.2) is 5.48 Å². The first-order chi connectivity index (χ1) is 17.1. The number of aromatic amines is 1. The number of carbonyl (C=O) groups excluding carboxylic acids is 2. The minimum atomic E-state index is -0.514. The zero-order valence-electron chi connectivity index (χ0n) is 19.5. The highest BCUT2D eigenvalue weighted by atomic mass is 16.5. The number of carbonyl (C=O) groups is 2. The molecule has 0 radical (unpaired) electrons. The summed E-state index contributed by atoms with van der Waals surface area (Å²) in [6.45, 7) is 2.60. The fourth-order valence-corrected chi connectivity index (χ4v) is 4.50. The summed E-state index contributed by atoms with van der Waals surface area (Å²) in [6, 6.07) is 16.4. The van der Waals surface area contributed by atoms with Crippen molar-refractivity contribution in [1.29, 1.82) is 0 Å². The molecule has 2 aromatic carbocycles. The second-order valence-corrected chi connectivity index (χ2v) is 9.29. The number of H-pyrrole nitrogens is 1. The molecule has 0 bridgehead atoms. The highest BCUT2D eigenvalue weighted by molar-refractivity contribution is 5.84. The van der Waals surface area contributed by atoms with Crippen LogP contribution in [-0.2, 0) is 27.3 Å². The summed E-state index contributed by atoms with van der Waals surface area (Å²) in [5, 5.41) is 10.1. The van der Waals surface area contributed by atoms with E-state index in [1.165, 1.54) is 10.9 Å². The standard InChI is InChI=1S/C28H29N3O4/c32-27(30-34)25-12-11-23(25)20-7-5-19(6-8-20)18-31(15-16-35-28(33)21-9-10-21)14-13-22-17-29-26-4-2-1-3-24(22)26/h1-8,17,21,23,25,29,34H,9-10,13-16,18H2,(H,30,32). The van der Waals surface area contributed by atoms with Crippen LogP contribution in [0.2, 0.25) is 0 Å². The van der Waals surface area contributed by atoms with Crippen molar-refractivity contribution in [2.24, 2.45) is 11.8 Å². The highest BCUT2D eigenvalue weighted by Gasteiger charge is 2.32. The minimum absolute atomic E-state index is 0.0750. The Morgan fingerprint density at radius 3 is 2.60 bits per heavy atom. The Kier molecular flexibility index (Phi) is 6.84. The van der Waals surface area contributed by atoms with Gasteiger partial charge in [-0.05, 0) is 42.0 Å². The van der Waals surface area contributed by atoms with Gasteiger partial charge in [0.15, 0.2) is 0 Å². The number of para-hydroxylation sites is 1. The number of hydrogen-bond donors (Lipinski definition) is 3. The molecule has 35 heavy (non-hydrogen) atoms. The Balaban J connectivity index is 1.23. The molecule has 5 rings (SSSR count). The van der Waals surface area contributed by atoms with Crippen LogP contribution < -0.4 is 5.48 Å². The first kappa shape index (κ1) is 23.2. The average Bonchev–Trinajstić information content (AvgIpc) is 3.63. The van der Waals surface area contributed by atoms with Gasteiger partial charge >= 0.3 is 5.97 Å². The molecule has 2 unspecified atom stereocenters. The minimum Gasteiger partial charge on any atom is -0.464 e. The van der Waals surface area contributed by atoms with Crippen LogP contribution in [0.5, 0.6) is 0 Å². The van der Waals surface area contributed by atoms with Crippen molar-refractivity contribution in [3.63, 3.8) is 0 Å². The molecule has 2 aliphatic rings. The maximum absolute atomic E-state index is 12.0. The Morgan fingerprint density at radius 1 is 1.09 bits per heavy atom. The third kappa shape index (κ3) is 5.40. The van der Waals surface area contributed by atoms with Gasteiger partial charge in [0.25, 0.3) is 5.91 Å². The van der Waals surface area contributed by atoms with Crippen molar-refractivity contribution < 1.29 is 19.5 Å². The lowest BCUT2D eigenvalue weighted by Gasteiger charge is -2.24. The monoisotopic (exact) mass is 471 g/mol. The number of hydroxylamine groups is 1. The van der Waals surface area contributed by atoms with Gasteiger partial charge in [-0.2, -0.15) is 0 Å². The molecule has 1 fully saturated rings. The molecule has 180 valence electrons. The van der Waals surface area contributed by atoms with Crippen molar-refractivity contribution >= 4 is 22.8 Å². The molecular weight excluding hydrogens is 442 g/mol. The van der Waals surface area contributed by atoms with E-state index in [0.29, 0.717) is 13.2 Å². The lowest BCUT2D eigenvalue weighted by Crippen LogP contribution is -2.34. The van der Waals surface area contributed by atoms with Crippen molar-refractivity contribution in [3.8, 4) is 11.8 Å². The van der Waals surface area contributed by atoms with Crippen LogP contribution in [-0.4, -0.2) is 46.7 Å². The first-order valence-corrected chi connectivity index (χ1v) is 12.1. The zero-order valence-corrected chi connectivity index (χ0v) is 19.5. The molecule has 1 aromatic heterocycles. The number of fused-ring (bicyclic) bond motifs is 1. The van der Waals surface area contributed by atoms with E-state index < -0.39 is 11.8 Å². The summed E-state index contributed by atoms with van der Waals surface area (Å²) in [7, 11) is 0. The zero-order chi connectivity index (χ0) is 24.2. The normalized spacial score (nSPS) is 18.6. The Labute approximate surface area is 204 Å². The van der Waals surface area contributed by atoms with Gasteiger partial charge in [-0.1, -0.05) is 54.3 Å². The van der Waals surface area contributed by atoms with Gasteiger partial charge < -0.3 is 9.72 Å². The number of ether oxygens (including phenoxy) is 1. The van der Waals surface area contributed by atoms with Crippen LogP contribution >= 0.6 is 0 Å². The molecule has 3 aromatic rings. The highest BCUT2D eigenvalue weighted by Crippen LogP contribution is 2.31. The summed E-state index contributed by atoms with van der Waals surface area (Å²) >= 11 is 0. The van der Waals surface area contributed by atoms with E-state index >= 15 is 0 Å². The number of amides is 1. The van der Waals surface area contributed by atoms with Gasteiger partial charge in [-0.3, -0.25) is 19.7 Å². The second-order valence-electron chi connectivity index (χ2n) is 9.29. The summed E-state index contributed by atoms with van der Waals surface area (Å²) in [4.78, 5) is 29.3. The van der Waals surface area contributed by atoms with Crippen molar-refractivity contribution in [2.45, 2.75) is 31.7 Å². The Morgan fingerprint density at radius 2 is 1.89 bits per heavy atom. The molecule has 7 nitrogen and oxygen atoms in total. The van der Waals surface area contributed by atoms with Crippen LogP contribution in [0.15, 0.2) is 54.7 Å². The molecule has 0 saturated heterocycles. The van der Waals surface area contributed by atoms with Crippen LogP contribution in [0.25, 0.3) is 10.9 Å². The van der Waals surface area contributed by atoms with Gasteiger partial charge in [0, 0.05) is 36.7 Å². The molecule has 0 spiro atoms. The number of hydrogen-bond acceptors (Lipinski definition) is 5. The second kappa shape index (κ2) is 10.3. The largest absolute Gasteiger partial charge is 0.464 e. The van der Waals surface area contributed by atoms with Crippen LogP contribution in [0, 0.1) is 23.7 Å². The maximum Gasteiger partial charge on any atom is 0.308 e. The quantitative estimate of drug-likeness (QED) is 0.173. The van der Waals surface area contributed by atoms with Gasteiger partial charge in [0.05, 0.1) is 11.8 Å². The summed E-state index contributed by atoms with van der Waals surface area (Å²) in [6.07, 6.45) is 4.85. The predicted molar refractivity (Wildman–Crippen MR) is 131 cm³/mol. The Bertz CT molecular complexity index is 1270. The number of nitrogens with zero attached hydrogens (tertiary/aromatic N) is 1. The van der Waals surface area contributed by atoms with Crippen molar-refractivity contribution in [2.75, 3.05) is 19.7 Å². The van der Waals surface area contributed by atoms with E-state index in [-0.39, 0.29) is 17.8 Å². The summed E-state index contributed by atoms with van der Waals surface area (Å²) in [5.74, 6) is 4.66. The third-order valence-electron chi connectivity index (χ3n) is 6.80. The first-order valence-electron chi connectivity index (χ1n) is 12.1. The van der Waals surface area contributed by atoms with E-state index in [1.54, 1.807) is 5.48 Å². The lowest BCUT2D eigenvalue weighted by atomic mass is 9.79. The molecule has 1 amide bonds. The molecule has 1 heterocycles. The molecule has 0 aliphatic heterocycles. The average molecular weight is 472 g/mol. The maximum atomic E-state index is 12.0. The smallest absolute Gasteiger partial charge is 0.308 e. The van der Waals surface area contributed by atoms with E-state index in [1.807, 2.05) is 18.2 Å². The van der Waals surface area contributed by atoms with Gasteiger partial charge in [0.1, 0.15) is 12.5 Å². The van der Waals surface area contributed by atoms with Crippen LogP contribution in [0.3, 0.4) is 0 Å². The SMILES string of the molecule is O=C(OCCN(CCc1c[nH]c2ccccc12)Cc1ccc(C2C#CC2C(=O)NO)cc1)C1CC1. The fourth-order valence-electron chi connectivity index (χ4n) is 4.50.